The number of carbonyl (C=O) groups excluding carboxylic acids is 1. The van der Waals surface area contributed by atoms with Crippen LogP contribution in [0.5, 0.6) is 0 Å². The van der Waals surface area contributed by atoms with Gasteiger partial charge in [-0.25, -0.2) is 0 Å². The Labute approximate surface area is 95.8 Å². The lowest BCUT2D eigenvalue weighted by molar-refractivity contribution is -0.127. The highest BCUT2D eigenvalue weighted by molar-refractivity contribution is 5.85. The van der Waals surface area contributed by atoms with E-state index >= 15 is 0 Å². The van der Waals surface area contributed by atoms with Crippen LogP contribution in [0, 0.1) is 0 Å². The van der Waals surface area contributed by atoms with Gasteiger partial charge >= 0.3 is 0 Å². The number of nitrogens with two attached hydrogens (primary N) is 1. The van der Waals surface area contributed by atoms with Crippen molar-refractivity contribution >= 4 is 24.0 Å². The van der Waals surface area contributed by atoms with Crippen LogP contribution in [0.1, 0.15) is 5.56 Å². The van der Waals surface area contributed by atoms with Gasteiger partial charge in [0, 0.05) is 19.8 Å². The lowest BCUT2D eigenvalue weighted by Crippen LogP contribution is -2.23. The molecule has 84 valence electrons. The van der Waals surface area contributed by atoms with Crippen molar-refractivity contribution in [3.63, 3.8) is 0 Å². The summed E-state index contributed by atoms with van der Waals surface area (Å²) in [6, 6.07) is 7.46. The SMILES string of the molecule is CN(C)C(=O)Cc1ccc(NN)cc1.Cl. The van der Waals surface area contributed by atoms with Crippen LogP contribution in [-0.2, 0) is 11.2 Å². The number of amides is 1. The molecular formula is C10H16ClN3O. The van der Waals surface area contributed by atoms with Crippen molar-refractivity contribution in [3.8, 4) is 0 Å². The number of hydrogen-bond acceptors (Lipinski definition) is 3. The predicted octanol–water partition coefficient (Wildman–Crippen LogP) is 1.02. The number of likely N-dealkylation sites (N-methyl/N-ethyl adjacent to an activating group) is 1. The molecule has 4 nitrogen and oxygen atoms in total. The quantitative estimate of drug-likeness (QED) is 0.601. The molecule has 1 rings (SSSR count). The molecule has 5 heteroatoms. The molecule has 0 fully saturated rings. The molecule has 3 N–H and O–H groups in total. The number of rotatable bonds is 3. The Bertz CT molecular complexity index is 311. The van der Waals surface area contributed by atoms with E-state index in [9.17, 15) is 4.79 Å². The molecule has 0 atom stereocenters. The number of nitrogen functional groups attached to an aromatic ring is 1. The molecule has 0 unspecified atom stereocenters. The Morgan fingerprint density at radius 3 is 2.27 bits per heavy atom. The van der Waals surface area contributed by atoms with Gasteiger partial charge in [-0.2, -0.15) is 0 Å². The van der Waals surface area contributed by atoms with Crippen LogP contribution in [0.2, 0.25) is 0 Å². The van der Waals surface area contributed by atoms with Crippen LogP contribution in [-0.4, -0.2) is 24.9 Å². The van der Waals surface area contributed by atoms with Crippen molar-refractivity contribution in [2.45, 2.75) is 6.42 Å². The molecular weight excluding hydrogens is 214 g/mol. The molecule has 0 bridgehead atoms. The Hall–Kier alpha value is -1.26. The summed E-state index contributed by atoms with van der Waals surface area (Å²) in [6.07, 6.45) is 0.428. The minimum absolute atomic E-state index is 0. The largest absolute Gasteiger partial charge is 0.349 e. The van der Waals surface area contributed by atoms with Crippen molar-refractivity contribution in [2.24, 2.45) is 5.84 Å². The van der Waals surface area contributed by atoms with Crippen LogP contribution in [0.25, 0.3) is 0 Å². The number of nitrogens with one attached hydrogen (secondary N) is 1. The highest BCUT2D eigenvalue weighted by Gasteiger charge is 2.04. The monoisotopic (exact) mass is 229 g/mol. The van der Waals surface area contributed by atoms with E-state index in [4.69, 9.17) is 5.84 Å². The third-order valence-corrected chi connectivity index (χ3v) is 1.97. The molecule has 0 radical (unpaired) electrons. The van der Waals surface area contributed by atoms with Gasteiger partial charge in [0.2, 0.25) is 5.91 Å². The molecule has 1 amide bonds. The zero-order valence-electron chi connectivity index (χ0n) is 8.86. The smallest absolute Gasteiger partial charge is 0.226 e. The van der Waals surface area contributed by atoms with Gasteiger partial charge < -0.3 is 10.3 Å². The summed E-state index contributed by atoms with van der Waals surface area (Å²) in [7, 11) is 3.50. The number of anilines is 1. The van der Waals surface area contributed by atoms with E-state index in [1.807, 2.05) is 24.3 Å². The van der Waals surface area contributed by atoms with Crippen molar-refractivity contribution in [1.29, 1.82) is 0 Å². The van der Waals surface area contributed by atoms with Gasteiger partial charge in [0.05, 0.1) is 6.42 Å². The maximum absolute atomic E-state index is 11.4. The van der Waals surface area contributed by atoms with Crippen molar-refractivity contribution in [3.05, 3.63) is 29.8 Å². The Morgan fingerprint density at radius 2 is 1.87 bits per heavy atom. The van der Waals surface area contributed by atoms with E-state index in [1.54, 1.807) is 19.0 Å². The third-order valence-electron chi connectivity index (χ3n) is 1.97. The Morgan fingerprint density at radius 1 is 1.33 bits per heavy atom. The minimum atomic E-state index is 0. The highest BCUT2D eigenvalue weighted by Crippen LogP contribution is 2.08. The fraction of sp³-hybridized carbons (Fsp3) is 0.300. The number of hydrazine groups is 1. The van der Waals surface area contributed by atoms with E-state index in [1.165, 1.54) is 0 Å². The molecule has 0 spiro atoms. The number of halogens is 1. The number of hydrogen-bond donors (Lipinski definition) is 2. The van der Waals surface area contributed by atoms with Crippen LogP contribution in [0.15, 0.2) is 24.3 Å². The summed E-state index contributed by atoms with van der Waals surface area (Å²) < 4.78 is 0. The first-order chi connectivity index (χ1) is 6.63. The molecule has 15 heavy (non-hydrogen) atoms. The molecule has 0 saturated heterocycles. The standard InChI is InChI=1S/C10H15N3O.ClH/c1-13(2)10(14)7-8-3-5-9(12-11)6-4-8;/h3-6,12H,7,11H2,1-2H3;1H. The van der Waals surface area contributed by atoms with Crippen molar-refractivity contribution < 1.29 is 4.79 Å². The fourth-order valence-electron chi connectivity index (χ4n) is 1.05. The molecule has 1 aromatic rings. The average molecular weight is 230 g/mol. The lowest BCUT2D eigenvalue weighted by atomic mass is 10.1. The van der Waals surface area contributed by atoms with E-state index in [0.29, 0.717) is 6.42 Å². The van der Waals surface area contributed by atoms with Gasteiger partial charge in [-0.05, 0) is 17.7 Å². The van der Waals surface area contributed by atoms with Gasteiger partial charge in [-0.15, -0.1) is 12.4 Å². The topological polar surface area (TPSA) is 58.4 Å². The van der Waals surface area contributed by atoms with Gasteiger partial charge in [-0.3, -0.25) is 10.6 Å². The zero-order valence-corrected chi connectivity index (χ0v) is 9.67. The van der Waals surface area contributed by atoms with Crippen LogP contribution in [0.3, 0.4) is 0 Å². The second-order valence-corrected chi connectivity index (χ2v) is 3.31. The average Bonchev–Trinajstić information content (AvgIpc) is 2.19. The van der Waals surface area contributed by atoms with Crippen molar-refractivity contribution in [1.82, 2.24) is 4.90 Å². The van der Waals surface area contributed by atoms with Gasteiger partial charge in [-0.1, -0.05) is 12.1 Å². The fourth-order valence-corrected chi connectivity index (χ4v) is 1.05. The second-order valence-electron chi connectivity index (χ2n) is 3.31. The minimum Gasteiger partial charge on any atom is -0.349 e. The summed E-state index contributed by atoms with van der Waals surface area (Å²) in [5.74, 6) is 5.32. The molecule has 0 saturated carbocycles. The van der Waals surface area contributed by atoms with Crippen LogP contribution >= 0.6 is 12.4 Å². The van der Waals surface area contributed by atoms with Crippen LogP contribution < -0.4 is 11.3 Å². The van der Waals surface area contributed by atoms with E-state index in [2.05, 4.69) is 5.43 Å². The molecule has 0 heterocycles. The first kappa shape index (κ1) is 13.7. The summed E-state index contributed by atoms with van der Waals surface area (Å²) >= 11 is 0. The maximum Gasteiger partial charge on any atom is 0.226 e. The van der Waals surface area contributed by atoms with Crippen molar-refractivity contribution in [2.75, 3.05) is 19.5 Å². The van der Waals surface area contributed by atoms with E-state index in [-0.39, 0.29) is 18.3 Å². The van der Waals surface area contributed by atoms with Gasteiger partial charge in [0.25, 0.3) is 0 Å². The molecule has 0 aliphatic rings. The first-order valence-corrected chi connectivity index (χ1v) is 4.39. The summed E-state index contributed by atoms with van der Waals surface area (Å²) in [5.41, 5.74) is 4.36. The summed E-state index contributed by atoms with van der Waals surface area (Å²) in [6.45, 7) is 0. The molecule has 1 aromatic carbocycles. The van der Waals surface area contributed by atoms with Crippen LogP contribution in [0.4, 0.5) is 5.69 Å². The maximum atomic E-state index is 11.4. The van der Waals surface area contributed by atoms with Gasteiger partial charge in [0.1, 0.15) is 0 Å². The van der Waals surface area contributed by atoms with E-state index < -0.39 is 0 Å². The first-order valence-electron chi connectivity index (χ1n) is 4.39. The number of carbonyl (C=O) groups is 1. The Kier molecular flexibility index (Phi) is 5.74. The second kappa shape index (κ2) is 6.27. The van der Waals surface area contributed by atoms with Gasteiger partial charge in [0.15, 0.2) is 0 Å². The summed E-state index contributed by atoms with van der Waals surface area (Å²) in [5, 5.41) is 0. The predicted molar refractivity (Wildman–Crippen MR) is 63.9 cm³/mol. The lowest BCUT2D eigenvalue weighted by Gasteiger charge is -2.10. The summed E-state index contributed by atoms with van der Waals surface area (Å²) in [4.78, 5) is 12.9. The number of nitrogens with zero attached hydrogens (tertiary/aromatic N) is 1. The molecule has 0 aliphatic carbocycles. The molecule has 0 aromatic heterocycles. The normalized spacial score (nSPS) is 9.00. The molecule has 0 aliphatic heterocycles. The zero-order chi connectivity index (χ0) is 10.6. The van der Waals surface area contributed by atoms with E-state index in [0.717, 1.165) is 11.3 Å². The third kappa shape index (κ3) is 4.18. The highest BCUT2D eigenvalue weighted by atomic mass is 35.5. The Balaban J connectivity index is 0.00000196. The number of benzene rings is 1.